The van der Waals surface area contributed by atoms with Gasteiger partial charge >= 0.3 is 0 Å². The topological polar surface area (TPSA) is 115 Å². The van der Waals surface area contributed by atoms with Crippen LogP contribution in [0.1, 0.15) is 42.0 Å². The number of aromatic nitrogens is 1. The lowest BCUT2D eigenvalue weighted by atomic mass is 9.94. The number of hydrogen-bond acceptors (Lipinski definition) is 7. The first kappa shape index (κ1) is 28.0. The Morgan fingerprint density at radius 2 is 1.67 bits per heavy atom. The van der Waals surface area contributed by atoms with Gasteiger partial charge in [-0.3, -0.25) is 14.8 Å². The van der Waals surface area contributed by atoms with Gasteiger partial charge in [0, 0.05) is 48.6 Å². The summed E-state index contributed by atoms with van der Waals surface area (Å²) in [6.45, 7) is 5.57. The van der Waals surface area contributed by atoms with Crippen molar-refractivity contribution in [3.63, 3.8) is 0 Å². The number of benzene rings is 2. The van der Waals surface area contributed by atoms with Crippen LogP contribution in [0.2, 0.25) is 0 Å². The van der Waals surface area contributed by atoms with E-state index in [-0.39, 0.29) is 23.9 Å². The van der Waals surface area contributed by atoms with E-state index in [1.807, 2.05) is 24.3 Å². The summed E-state index contributed by atoms with van der Waals surface area (Å²) in [5, 5.41) is 0. The normalized spacial score (nSPS) is 14.7. The lowest BCUT2D eigenvalue weighted by Crippen LogP contribution is -2.44. The molecule has 3 aromatic rings. The zero-order chi connectivity index (χ0) is 28.0. The number of aliphatic imine (C=N–C) groups is 1. The largest absolute Gasteiger partial charge is 0.489 e. The second-order valence-corrected chi connectivity index (χ2v) is 12.1. The van der Waals surface area contributed by atoms with Crippen LogP contribution < -0.4 is 10.5 Å². The minimum atomic E-state index is -3.22. The van der Waals surface area contributed by atoms with Crippen LogP contribution in [0.4, 0.5) is 0 Å². The van der Waals surface area contributed by atoms with E-state index in [1.54, 1.807) is 24.5 Å². The Hall–Kier alpha value is -3.98. The molecule has 0 bridgehead atoms. The Bertz CT molecular complexity index is 1460. The summed E-state index contributed by atoms with van der Waals surface area (Å²) >= 11 is 0. The van der Waals surface area contributed by atoms with Crippen molar-refractivity contribution in [2.75, 3.05) is 31.6 Å². The molecule has 1 aromatic heterocycles. The molecular weight excluding hydrogens is 512 g/mol. The molecule has 0 fully saturated rings. The van der Waals surface area contributed by atoms with Crippen LogP contribution in [0, 0.1) is 0 Å². The Morgan fingerprint density at radius 1 is 1.00 bits per heavy atom. The number of carbonyl (C=O) groups excluding carboxylic acids is 1. The molecule has 39 heavy (non-hydrogen) atoms. The van der Waals surface area contributed by atoms with Gasteiger partial charge in [0.2, 0.25) is 0 Å². The Kier molecular flexibility index (Phi) is 8.81. The fourth-order valence-electron chi connectivity index (χ4n) is 4.26. The van der Waals surface area contributed by atoms with Crippen LogP contribution in [0.15, 0.2) is 78.0 Å². The molecule has 1 amide bonds. The summed E-state index contributed by atoms with van der Waals surface area (Å²) in [6.07, 6.45) is 4.42. The highest BCUT2D eigenvalue weighted by atomic mass is 32.2. The Balaban J connectivity index is 1.60. The molecule has 2 heterocycles. The van der Waals surface area contributed by atoms with E-state index >= 15 is 0 Å². The average Bonchev–Trinajstić information content (AvgIpc) is 2.93. The van der Waals surface area contributed by atoms with Gasteiger partial charge in [-0.05, 0) is 46.9 Å². The molecule has 2 aromatic carbocycles. The summed E-state index contributed by atoms with van der Waals surface area (Å²) in [6, 6.07) is 19.3. The predicted octanol–water partition coefficient (Wildman–Crippen LogP) is 3.94. The van der Waals surface area contributed by atoms with E-state index < -0.39 is 9.84 Å². The van der Waals surface area contributed by atoms with Gasteiger partial charge in [-0.2, -0.15) is 0 Å². The van der Waals surface area contributed by atoms with E-state index in [4.69, 9.17) is 10.5 Å². The van der Waals surface area contributed by atoms with Crippen molar-refractivity contribution in [1.82, 2.24) is 9.88 Å². The summed E-state index contributed by atoms with van der Waals surface area (Å²) in [4.78, 5) is 23.6. The molecule has 0 radical (unpaired) electrons. The lowest BCUT2D eigenvalue weighted by molar-refractivity contribution is -0.124. The van der Waals surface area contributed by atoms with E-state index in [2.05, 4.69) is 48.1 Å². The highest BCUT2D eigenvalue weighted by molar-refractivity contribution is 7.90. The van der Waals surface area contributed by atoms with Gasteiger partial charge < -0.3 is 15.4 Å². The third-order valence-corrected chi connectivity index (χ3v) is 7.48. The fraction of sp³-hybridized carbons (Fsp3) is 0.300. The first-order valence-corrected chi connectivity index (χ1v) is 14.9. The van der Waals surface area contributed by atoms with Crippen LogP contribution in [0.5, 0.6) is 5.75 Å². The predicted molar refractivity (Wildman–Crippen MR) is 155 cm³/mol. The minimum Gasteiger partial charge on any atom is -0.489 e. The van der Waals surface area contributed by atoms with Gasteiger partial charge in [0.25, 0.3) is 5.91 Å². The Morgan fingerprint density at radius 3 is 2.28 bits per heavy atom. The molecule has 0 aliphatic carbocycles. The minimum absolute atomic E-state index is 0.101. The first-order chi connectivity index (χ1) is 18.6. The van der Waals surface area contributed by atoms with E-state index in [0.29, 0.717) is 53.8 Å². The lowest BCUT2D eigenvalue weighted by Gasteiger charge is -2.28. The number of pyridine rings is 1. The maximum Gasteiger partial charge on any atom is 0.272 e. The Labute approximate surface area is 230 Å². The van der Waals surface area contributed by atoms with Gasteiger partial charge in [0.05, 0.1) is 12.3 Å². The molecule has 0 spiro atoms. The molecule has 1 aliphatic rings. The third-order valence-electron chi connectivity index (χ3n) is 6.55. The van der Waals surface area contributed by atoms with Crippen molar-refractivity contribution in [2.45, 2.75) is 26.4 Å². The number of nitrogens with zero attached hydrogens (tertiary/aromatic N) is 3. The first-order valence-electron chi connectivity index (χ1n) is 12.9. The summed E-state index contributed by atoms with van der Waals surface area (Å²) in [5.41, 5.74) is 11.5. The maximum absolute atomic E-state index is 13.5. The van der Waals surface area contributed by atoms with Crippen LogP contribution in [-0.2, 0) is 21.2 Å². The SMILES string of the molecule is CC(C)c1ccc(COc2ccc(C(C3=NCCN(CCS(C)(=O)=O)C3=O)=C(N)c3ccncc3)cc2)cc1. The number of sulfone groups is 1. The number of ether oxygens (including phenoxy) is 1. The summed E-state index contributed by atoms with van der Waals surface area (Å²) < 4.78 is 29.4. The van der Waals surface area contributed by atoms with E-state index in [1.165, 1.54) is 10.5 Å². The van der Waals surface area contributed by atoms with Gasteiger partial charge in [0.1, 0.15) is 27.9 Å². The van der Waals surface area contributed by atoms with Crippen LogP contribution in [-0.4, -0.2) is 61.6 Å². The maximum atomic E-state index is 13.5. The molecule has 204 valence electrons. The van der Waals surface area contributed by atoms with Gasteiger partial charge in [-0.15, -0.1) is 0 Å². The van der Waals surface area contributed by atoms with Crippen molar-refractivity contribution in [1.29, 1.82) is 0 Å². The molecule has 0 unspecified atom stereocenters. The highest BCUT2D eigenvalue weighted by Crippen LogP contribution is 2.28. The van der Waals surface area contributed by atoms with Crippen molar-refractivity contribution in [2.24, 2.45) is 10.7 Å². The molecule has 1 aliphatic heterocycles. The van der Waals surface area contributed by atoms with Crippen molar-refractivity contribution >= 4 is 32.7 Å². The smallest absolute Gasteiger partial charge is 0.272 e. The monoisotopic (exact) mass is 546 g/mol. The third kappa shape index (κ3) is 7.32. The van der Waals surface area contributed by atoms with E-state index in [9.17, 15) is 13.2 Å². The highest BCUT2D eigenvalue weighted by Gasteiger charge is 2.29. The van der Waals surface area contributed by atoms with Crippen molar-refractivity contribution in [3.8, 4) is 5.75 Å². The number of amides is 1. The summed E-state index contributed by atoms with van der Waals surface area (Å²) in [5.74, 6) is 0.695. The molecule has 0 saturated carbocycles. The zero-order valence-electron chi connectivity index (χ0n) is 22.5. The van der Waals surface area contributed by atoms with Crippen LogP contribution >= 0.6 is 0 Å². The second kappa shape index (κ2) is 12.3. The zero-order valence-corrected chi connectivity index (χ0v) is 23.3. The number of rotatable bonds is 10. The molecule has 9 heteroatoms. The summed E-state index contributed by atoms with van der Waals surface area (Å²) in [7, 11) is -3.22. The standard InChI is InChI=1S/C30H34N4O4S/c1-21(2)23-6-4-22(5-7-23)20-38-26-10-8-24(9-11-26)27(28(31)25-12-14-32-15-13-25)29-30(35)34(17-16-33-29)18-19-39(3,36)37/h4-15,21H,16-20,31H2,1-3H3. The fourth-order valence-corrected chi connectivity index (χ4v) is 4.81. The molecule has 4 rings (SSSR count). The molecular formula is C30H34N4O4S. The van der Waals surface area contributed by atoms with Gasteiger partial charge in [-0.1, -0.05) is 50.2 Å². The molecule has 0 atom stereocenters. The quantitative estimate of drug-likeness (QED) is 0.412. The van der Waals surface area contributed by atoms with Gasteiger partial charge in [-0.25, -0.2) is 8.42 Å². The number of carbonyl (C=O) groups is 1. The van der Waals surface area contributed by atoms with Gasteiger partial charge in [0.15, 0.2) is 0 Å². The molecule has 8 nitrogen and oxygen atoms in total. The average molecular weight is 547 g/mol. The van der Waals surface area contributed by atoms with E-state index in [0.717, 1.165) is 11.8 Å². The van der Waals surface area contributed by atoms with Crippen molar-refractivity contribution in [3.05, 3.63) is 95.3 Å². The van der Waals surface area contributed by atoms with Crippen LogP contribution in [0.3, 0.4) is 0 Å². The molecule has 0 saturated heterocycles. The molecule has 2 N–H and O–H groups in total. The second-order valence-electron chi connectivity index (χ2n) is 9.89. The number of nitrogens with two attached hydrogens (primary N) is 1. The van der Waals surface area contributed by atoms with Crippen LogP contribution in [0.25, 0.3) is 11.3 Å². The number of hydrogen-bond donors (Lipinski definition) is 1. The van der Waals surface area contributed by atoms with Crippen molar-refractivity contribution < 1.29 is 17.9 Å².